The maximum Gasteiger partial charge on any atom is 0.195 e. The predicted octanol–water partition coefficient (Wildman–Crippen LogP) is 11.7. The SMILES string of the molecule is O=C1C(c2cccc(-c3ccccc3)c2)=C(c2ccc(Br)cc2)C(c2ccc(Br)cc2)=C1c1cccc(-c2ccccc2)c1. The van der Waals surface area contributed by atoms with Crippen molar-refractivity contribution < 1.29 is 4.79 Å². The van der Waals surface area contributed by atoms with Gasteiger partial charge in [-0.05, 0) is 80.9 Å². The van der Waals surface area contributed by atoms with Crippen LogP contribution in [0.5, 0.6) is 0 Å². The van der Waals surface area contributed by atoms with Gasteiger partial charge in [-0.15, -0.1) is 0 Å². The number of carbonyl (C=O) groups excluding carboxylic acids is 1. The van der Waals surface area contributed by atoms with E-state index in [4.69, 9.17) is 0 Å². The Morgan fingerprint density at radius 2 is 0.636 bits per heavy atom. The number of hydrogen-bond acceptors (Lipinski definition) is 1. The highest BCUT2D eigenvalue weighted by Crippen LogP contribution is 2.50. The fraction of sp³-hybridized carbons (Fsp3) is 0. The summed E-state index contributed by atoms with van der Waals surface area (Å²) in [6, 6.07) is 53.8. The second-order valence-corrected chi connectivity index (χ2v) is 12.6. The molecule has 44 heavy (non-hydrogen) atoms. The van der Waals surface area contributed by atoms with Gasteiger partial charge in [-0.2, -0.15) is 0 Å². The first kappa shape index (κ1) is 28.2. The average molecular weight is 694 g/mol. The molecule has 0 aromatic heterocycles. The second kappa shape index (κ2) is 12.2. The van der Waals surface area contributed by atoms with E-state index in [1.165, 1.54) is 0 Å². The number of ketones is 1. The van der Waals surface area contributed by atoms with Crippen molar-refractivity contribution >= 4 is 59.9 Å². The van der Waals surface area contributed by atoms with E-state index in [1.807, 2.05) is 72.8 Å². The molecule has 0 saturated heterocycles. The van der Waals surface area contributed by atoms with Crippen LogP contribution in [0.4, 0.5) is 0 Å². The highest BCUT2D eigenvalue weighted by Gasteiger charge is 2.35. The zero-order valence-corrected chi connectivity index (χ0v) is 26.8. The Balaban J connectivity index is 1.51. The minimum atomic E-state index is 0.0243. The molecule has 0 aliphatic heterocycles. The Bertz CT molecular complexity index is 1900. The molecule has 0 bridgehead atoms. The summed E-state index contributed by atoms with van der Waals surface area (Å²) in [4.78, 5) is 15.0. The Kier molecular flexibility index (Phi) is 7.82. The van der Waals surface area contributed by atoms with Crippen LogP contribution in [0.2, 0.25) is 0 Å². The number of hydrogen-bond donors (Lipinski definition) is 0. The van der Waals surface area contributed by atoms with Gasteiger partial charge in [-0.1, -0.05) is 153 Å². The molecule has 0 amide bonds. The van der Waals surface area contributed by atoms with E-state index >= 15 is 0 Å². The summed E-state index contributed by atoms with van der Waals surface area (Å²) >= 11 is 7.22. The van der Waals surface area contributed by atoms with Gasteiger partial charge in [0.05, 0.1) is 0 Å². The van der Waals surface area contributed by atoms with Gasteiger partial charge in [0.25, 0.3) is 0 Å². The Morgan fingerprint density at radius 3 is 1.02 bits per heavy atom. The number of allylic oxidation sites excluding steroid dienone is 4. The van der Waals surface area contributed by atoms with Crippen molar-refractivity contribution in [2.75, 3.05) is 0 Å². The number of halogens is 2. The highest BCUT2D eigenvalue weighted by molar-refractivity contribution is 9.10. The van der Waals surface area contributed by atoms with Crippen molar-refractivity contribution in [3.8, 4) is 22.3 Å². The summed E-state index contributed by atoms with van der Waals surface area (Å²) in [7, 11) is 0. The van der Waals surface area contributed by atoms with E-state index < -0.39 is 0 Å². The summed E-state index contributed by atoms with van der Waals surface area (Å²) in [5, 5.41) is 0. The van der Waals surface area contributed by atoms with E-state index in [0.29, 0.717) is 11.1 Å². The minimum Gasteiger partial charge on any atom is -0.289 e. The van der Waals surface area contributed by atoms with Gasteiger partial charge in [0.2, 0.25) is 0 Å². The largest absolute Gasteiger partial charge is 0.289 e. The molecule has 210 valence electrons. The first-order chi connectivity index (χ1) is 21.6. The fourth-order valence-corrected chi connectivity index (χ4v) is 6.46. The van der Waals surface area contributed by atoms with Crippen LogP contribution in [-0.4, -0.2) is 5.78 Å². The topological polar surface area (TPSA) is 17.1 Å². The molecule has 0 unspecified atom stereocenters. The van der Waals surface area contributed by atoms with Gasteiger partial charge in [0.15, 0.2) is 5.78 Å². The third-order valence-corrected chi connectivity index (χ3v) is 9.04. The molecule has 6 aromatic carbocycles. The van der Waals surface area contributed by atoms with Crippen molar-refractivity contribution in [2.45, 2.75) is 0 Å². The molecule has 7 rings (SSSR count). The Morgan fingerprint density at radius 1 is 0.295 bits per heavy atom. The lowest BCUT2D eigenvalue weighted by molar-refractivity contribution is -0.108. The third-order valence-electron chi connectivity index (χ3n) is 7.99. The maximum atomic E-state index is 15.0. The van der Waals surface area contributed by atoms with E-state index in [9.17, 15) is 4.79 Å². The average Bonchev–Trinajstić information content (AvgIpc) is 3.39. The number of Topliss-reactive ketones (excluding diaryl/α,β-unsaturated/α-hetero) is 1. The Hall–Kier alpha value is -4.57. The van der Waals surface area contributed by atoms with Crippen LogP contribution in [0.15, 0.2) is 167 Å². The van der Waals surface area contributed by atoms with Crippen LogP contribution in [0.25, 0.3) is 44.5 Å². The second-order valence-electron chi connectivity index (χ2n) is 10.7. The van der Waals surface area contributed by atoms with Crippen molar-refractivity contribution in [1.82, 2.24) is 0 Å². The molecule has 6 aromatic rings. The summed E-state index contributed by atoms with van der Waals surface area (Å²) < 4.78 is 1.98. The molecule has 1 nitrogen and oxygen atoms in total. The van der Waals surface area contributed by atoms with Crippen LogP contribution in [0.3, 0.4) is 0 Å². The lowest BCUT2D eigenvalue weighted by Crippen LogP contribution is -2.02. The highest BCUT2D eigenvalue weighted by atomic mass is 79.9. The molecule has 0 spiro atoms. The number of benzene rings is 6. The molecule has 1 aliphatic rings. The van der Waals surface area contributed by atoms with Gasteiger partial charge in [0, 0.05) is 31.2 Å². The van der Waals surface area contributed by atoms with Crippen molar-refractivity contribution in [3.63, 3.8) is 0 Å². The lowest BCUT2D eigenvalue weighted by atomic mass is 9.88. The molecule has 0 radical (unpaired) electrons. The van der Waals surface area contributed by atoms with Crippen LogP contribution >= 0.6 is 31.9 Å². The van der Waals surface area contributed by atoms with E-state index in [2.05, 4.69) is 117 Å². The molecule has 3 heteroatoms. The maximum absolute atomic E-state index is 15.0. The van der Waals surface area contributed by atoms with Gasteiger partial charge in [0.1, 0.15) is 0 Å². The smallest absolute Gasteiger partial charge is 0.195 e. The Labute approximate surface area is 274 Å². The molecule has 1 aliphatic carbocycles. The lowest BCUT2D eigenvalue weighted by Gasteiger charge is -2.14. The normalized spacial score (nSPS) is 13.1. The van der Waals surface area contributed by atoms with Crippen LogP contribution in [0.1, 0.15) is 22.3 Å². The monoisotopic (exact) mass is 692 g/mol. The van der Waals surface area contributed by atoms with Crippen LogP contribution in [-0.2, 0) is 4.79 Å². The predicted molar refractivity (Wildman–Crippen MR) is 191 cm³/mol. The van der Waals surface area contributed by atoms with Gasteiger partial charge in [-0.25, -0.2) is 0 Å². The molecule has 0 atom stereocenters. The molecule has 0 fully saturated rings. The third kappa shape index (κ3) is 5.45. The van der Waals surface area contributed by atoms with Crippen molar-refractivity contribution in [1.29, 1.82) is 0 Å². The summed E-state index contributed by atoms with van der Waals surface area (Å²) in [6.45, 7) is 0. The zero-order chi connectivity index (χ0) is 30.0. The van der Waals surface area contributed by atoms with E-state index in [-0.39, 0.29) is 5.78 Å². The van der Waals surface area contributed by atoms with E-state index in [1.54, 1.807) is 0 Å². The molecule has 0 N–H and O–H groups in total. The van der Waals surface area contributed by atoms with Crippen LogP contribution in [0, 0.1) is 0 Å². The summed E-state index contributed by atoms with van der Waals surface area (Å²) in [5.74, 6) is 0.0243. The van der Waals surface area contributed by atoms with Gasteiger partial charge >= 0.3 is 0 Å². The first-order valence-corrected chi connectivity index (χ1v) is 16.0. The minimum absolute atomic E-state index is 0.0243. The number of rotatable bonds is 6. The quantitative estimate of drug-likeness (QED) is 0.170. The van der Waals surface area contributed by atoms with Gasteiger partial charge in [-0.3, -0.25) is 4.79 Å². The summed E-state index contributed by atoms with van der Waals surface area (Å²) in [5.41, 5.74) is 11.5. The standard InChI is InChI=1S/C41H26Br2O/c42-35-21-17-29(18-22-35)37-38(30-19-23-36(43)24-20-30)40(34-16-8-14-32(26-34)28-11-5-2-6-12-28)41(44)39(37)33-15-7-13-31(25-33)27-9-3-1-4-10-27/h1-26H. The first-order valence-electron chi connectivity index (χ1n) is 14.4. The zero-order valence-electron chi connectivity index (χ0n) is 23.7. The molecule has 0 saturated carbocycles. The molecule has 0 heterocycles. The van der Waals surface area contributed by atoms with Crippen molar-refractivity contribution in [2.24, 2.45) is 0 Å². The fourth-order valence-electron chi connectivity index (χ4n) is 5.93. The van der Waals surface area contributed by atoms with E-state index in [0.717, 1.165) is 64.6 Å². The van der Waals surface area contributed by atoms with Crippen LogP contribution < -0.4 is 0 Å². The molecular formula is C41H26Br2O. The molecular weight excluding hydrogens is 668 g/mol. The summed E-state index contributed by atoms with van der Waals surface area (Å²) in [6.07, 6.45) is 0. The van der Waals surface area contributed by atoms with Crippen molar-refractivity contribution in [3.05, 3.63) is 189 Å². The van der Waals surface area contributed by atoms with Gasteiger partial charge < -0.3 is 0 Å². The number of carbonyl (C=O) groups is 1.